The maximum Gasteiger partial charge on any atom is 0.222 e. The number of guanidine groups is 1. The molecule has 2 aromatic rings. The SMILES string of the molecule is CN=C(NCc1ccccc1CN1CCCC1=O)NCC(C)c1ccc(C)cc1.I. The highest BCUT2D eigenvalue weighted by molar-refractivity contribution is 14.0. The molecule has 0 aromatic heterocycles. The zero-order chi connectivity index (χ0) is 20.6. The quantitative estimate of drug-likeness (QED) is 0.327. The Morgan fingerprint density at radius 1 is 1.10 bits per heavy atom. The van der Waals surface area contributed by atoms with Crippen molar-refractivity contribution in [3.63, 3.8) is 0 Å². The molecule has 2 aromatic carbocycles. The number of halogens is 1. The summed E-state index contributed by atoms with van der Waals surface area (Å²) in [6.07, 6.45) is 1.64. The summed E-state index contributed by atoms with van der Waals surface area (Å²) in [5, 5.41) is 6.84. The molecule has 1 unspecified atom stereocenters. The van der Waals surface area contributed by atoms with E-state index < -0.39 is 0 Å². The fourth-order valence-electron chi connectivity index (χ4n) is 3.62. The number of hydrogen-bond donors (Lipinski definition) is 2. The average Bonchev–Trinajstić information content (AvgIpc) is 3.14. The number of nitrogens with zero attached hydrogens (tertiary/aromatic N) is 2. The predicted octanol–water partition coefficient (Wildman–Crippen LogP) is 4.20. The minimum absolute atomic E-state index is 0. The first-order valence-corrected chi connectivity index (χ1v) is 10.4. The maximum absolute atomic E-state index is 12.0. The van der Waals surface area contributed by atoms with Gasteiger partial charge in [-0.3, -0.25) is 9.79 Å². The standard InChI is InChI=1S/C24H32N4O.HI/c1-18-10-12-20(13-11-18)19(2)15-26-24(25-3)27-16-21-7-4-5-8-22(21)17-28-14-6-9-23(28)29;/h4-5,7-8,10-13,19H,6,9,14-17H2,1-3H3,(H2,25,26,27);1H. The second-order valence-electron chi connectivity index (χ2n) is 7.81. The number of likely N-dealkylation sites (tertiary alicyclic amines) is 1. The van der Waals surface area contributed by atoms with Gasteiger partial charge in [0.1, 0.15) is 0 Å². The van der Waals surface area contributed by atoms with E-state index in [9.17, 15) is 4.79 Å². The maximum atomic E-state index is 12.0. The van der Waals surface area contributed by atoms with Crippen molar-refractivity contribution < 1.29 is 4.79 Å². The molecule has 1 aliphatic heterocycles. The van der Waals surface area contributed by atoms with E-state index in [1.165, 1.54) is 22.3 Å². The van der Waals surface area contributed by atoms with Crippen LogP contribution in [0.25, 0.3) is 0 Å². The summed E-state index contributed by atoms with van der Waals surface area (Å²) < 4.78 is 0. The van der Waals surface area contributed by atoms with Gasteiger partial charge in [0.15, 0.2) is 5.96 Å². The van der Waals surface area contributed by atoms with Crippen molar-refractivity contribution in [3.05, 3.63) is 70.8 Å². The first-order chi connectivity index (χ1) is 14.1. The Hall–Kier alpha value is -2.09. The predicted molar refractivity (Wildman–Crippen MR) is 134 cm³/mol. The summed E-state index contributed by atoms with van der Waals surface area (Å²) in [7, 11) is 1.79. The Bertz CT molecular complexity index is 851. The molecule has 0 bridgehead atoms. The minimum Gasteiger partial charge on any atom is -0.356 e. The largest absolute Gasteiger partial charge is 0.356 e. The molecule has 1 saturated heterocycles. The highest BCUT2D eigenvalue weighted by Gasteiger charge is 2.20. The van der Waals surface area contributed by atoms with Crippen LogP contribution in [0.1, 0.15) is 47.9 Å². The topological polar surface area (TPSA) is 56.7 Å². The Labute approximate surface area is 197 Å². The lowest BCUT2D eigenvalue weighted by molar-refractivity contribution is -0.128. The van der Waals surface area contributed by atoms with Gasteiger partial charge >= 0.3 is 0 Å². The second kappa shape index (κ2) is 11.9. The Balaban J connectivity index is 0.00000320. The molecule has 5 nitrogen and oxygen atoms in total. The average molecular weight is 520 g/mol. The molecule has 0 saturated carbocycles. The van der Waals surface area contributed by atoms with E-state index in [2.05, 4.69) is 65.9 Å². The summed E-state index contributed by atoms with van der Waals surface area (Å²) in [5.74, 6) is 1.44. The van der Waals surface area contributed by atoms with Gasteiger partial charge in [-0.05, 0) is 36.0 Å². The third-order valence-electron chi connectivity index (χ3n) is 5.54. The monoisotopic (exact) mass is 520 g/mol. The fraction of sp³-hybridized carbons (Fsp3) is 0.417. The van der Waals surface area contributed by atoms with Gasteiger partial charge in [-0.1, -0.05) is 61.0 Å². The molecular weight excluding hydrogens is 487 g/mol. The van der Waals surface area contributed by atoms with Gasteiger partial charge in [0.05, 0.1) is 0 Å². The summed E-state index contributed by atoms with van der Waals surface area (Å²) in [6, 6.07) is 17.0. The van der Waals surface area contributed by atoms with Crippen LogP contribution in [0.3, 0.4) is 0 Å². The van der Waals surface area contributed by atoms with Crippen molar-refractivity contribution in [1.29, 1.82) is 0 Å². The van der Waals surface area contributed by atoms with Crippen LogP contribution in [0.4, 0.5) is 0 Å². The highest BCUT2D eigenvalue weighted by atomic mass is 127. The summed E-state index contributed by atoms with van der Waals surface area (Å²) in [5.41, 5.74) is 4.99. The van der Waals surface area contributed by atoms with Crippen LogP contribution in [-0.4, -0.2) is 36.9 Å². The van der Waals surface area contributed by atoms with Crippen LogP contribution in [0.15, 0.2) is 53.5 Å². The molecular formula is C24H33IN4O. The van der Waals surface area contributed by atoms with Gasteiger partial charge in [0.2, 0.25) is 5.91 Å². The van der Waals surface area contributed by atoms with E-state index in [4.69, 9.17) is 0 Å². The molecule has 1 aliphatic rings. The summed E-state index contributed by atoms with van der Waals surface area (Å²) in [6.45, 7) is 7.36. The van der Waals surface area contributed by atoms with Crippen LogP contribution < -0.4 is 10.6 Å². The molecule has 2 N–H and O–H groups in total. The van der Waals surface area contributed by atoms with Crippen molar-refractivity contribution in [1.82, 2.24) is 15.5 Å². The number of aryl methyl sites for hydroxylation is 1. The van der Waals surface area contributed by atoms with Gasteiger partial charge in [-0.15, -0.1) is 24.0 Å². The van der Waals surface area contributed by atoms with Crippen LogP contribution in [0, 0.1) is 6.92 Å². The lowest BCUT2D eigenvalue weighted by atomic mass is 10.0. The van der Waals surface area contributed by atoms with Gasteiger partial charge in [0, 0.05) is 39.6 Å². The van der Waals surface area contributed by atoms with E-state index in [0.29, 0.717) is 25.4 Å². The van der Waals surface area contributed by atoms with Crippen LogP contribution in [0.2, 0.25) is 0 Å². The van der Waals surface area contributed by atoms with Gasteiger partial charge < -0.3 is 15.5 Å². The smallest absolute Gasteiger partial charge is 0.222 e. The van der Waals surface area contributed by atoms with Crippen molar-refractivity contribution in [2.24, 2.45) is 4.99 Å². The normalized spacial score (nSPS) is 15.0. The Morgan fingerprint density at radius 2 is 1.80 bits per heavy atom. The van der Waals surface area contributed by atoms with E-state index in [0.717, 1.165) is 25.5 Å². The molecule has 6 heteroatoms. The molecule has 1 fully saturated rings. The first-order valence-electron chi connectivity index (χ1n) is 10.4. The number of rotatable bonds is 7. The molecule has 1 heterocycles. The number of amides is 1. The number of aliphatic imine (C=N–C) groups is 1. The number of benzene rings is 2. The molecule has 162 valence electrons. The zero-order valence-electron chi connectivity index (χ0n) is 18.1. The van der Waals surface area contributed by atoms with Crippen molar-refractivity contribution >= 4 is 35.8 Å². The second-order valence-corrected chi connectivity index (χ2v) is 7.81. The van der Waals surface area contributed by atoms with Crippen LogP contribution in [0.5, 0.6) is 0 Å². The van der Waals surface area contributed by atoms with Gasteiger partial charge in [-0.25, -0.2) is 0 Å². The zero-order valence-corrected chi connectivity index (χ0v) is 20.5. The molecule has 30 heavy (non-hydrogen) atoms. The molecule has 0 radical (unpaired) electrons. The minimum atomic E-state index is 0. The van der Waals surface area contributed by atoms with Crippen LogP contribution >= 0.6 is 24.0 Å². The Morgan fingerprint density at radius 3 is 2.43 bits per heavy atom. The lowest BCUT2D eigenvalue weighted by Crippen LogP contribution is -2.38. The van der Waals surface area contributed by atoms with Gasteiger partial charge in [-0.2, -0.15) is 0 Å². The summed E-state index contributed by atoms with van der Waals surface area (Å²) in [4.78, 5) is 18.3. The molecule has 1 atom stereocenters. The number of carbonyl (C=O) groups is 1. The molecule has 0 spiro atoms. The number of hydrogen-bond acceptors (Lipinski definition) is 2. The van der Waals surface area contributed by atoms with Crippen LogP contribution in [-0.2, 0) is 17.9 Å². The van der Waals surface area contributed by atoms with E-state index in [1.54, 1.807) is 7.05 Å². The van der Waals surface area contributed by atoms with Crippen molar-refractivity contribution in [2.45, 2.75) is 45.7 Å². The number of nitrogens with one attached hydrogen (secondary N) is 2. The van der Waals surface area contributed by atoms with Crippen molar-refractivity contribution in [2.75, 3.05) is 20.1 Å². The van der Waals surface area contributed by atoms with Gasteiger partial charge in [0.25, 0.3) is 0 Å². The lowest BCUT2D eigenvalue weighted by Gasteiger charge is -2.20. The fourth-order valence-corrected chi connectivity index (χ4v) is 3.62. The van der Waals surface area contributed by atoms with E-state index >= 15 is 0 Å². The molecule has 0 aliphatic carbocycles. The molecule has 3 rings (SSSR count). The van der Waals surface area contributed by atoms with E-state index in [1.807, 2.05) is 17.0 Å². The highest BCUT2D eigenvalue weighted by Crippen LogP contribution is 2.17. The Kier molecular flexibility index (Phi) is 9.62. The molecule has 1 amide bonds. The van der Waals surface area contributed by atoms with Crippen molar-refractivity contribution in [3.8, 4) is 0 Å². The van der Waals surface area contributed by atoms with E-state index in [-0.39, 0.29) is 29.9 Å². The third-order valence-corrected chi connectivity index (χ3v) is 5.54. The summed E-state index contributed by atoms with van der Waals surface area (Å²) >= 11 is 0. The third kappa shape index (κ3) is 6.72. The number of carbonyl (C=O) groups excluding carboxylic acids is 1. The first kappa shape index (κ1) is 24.2.